The second-order valence-corrected chi connectivity index (χ2v) is 17.4. The van der Waals surface area contributed by atoms with Crippen molar-refractivity contribution in [1.29, 1.82) is 0 Å². The van der Waals surface area contributed by atoms with Crippen LogP contribution in [0.25, 0.3) is 0 Å². The van der Waals surface area contributed by atoms with Crippen LogP contribution in [0.3, 0.4) is 0 Å². The summed E-state index contributed by atoms with van der Waals surface area (Å²) in [6, 6.07) is 0. The molecule has 10 nitrogen and oxygen atoms in total. The number of allylic oxidation sites excluding steroid dienone is 1. The van der Waals surface area contributed by atoms with Gasteiger partial charge in [0, 0.05) is 12.8 Å². The highest BCUT2D eigenvalue weighted by atomic mass is 16.7. The van der Waals surface area contributed by atoms with Crippen molar-refractivity contribution in [2.45, 2.75) is 268 Å². The third kappa shape index (κ3) is 31.9. The lowest BCUT2D eigenvalue weighted by Gasteiger charge is -2.39. The van der Waals surface area contributed by atoms with Crippen molar-refractivity contribution in [2.75, 3.05) is 19.8 Å². The van der Waals surface area contributed by atoms with Gasteiger partial charge in [0.25, 0.3) is 0 Å². The van der Waals surface area contributed by atoms with Crippen LogP contribution < -0.4 is 0 Å². The average molecular weight is 841 g/mol. The van der Waals surface area contributed by atoms with Crippen LogP contribution in [0.2, 0.25) is 0 Å². The van der Waals surface area contributed by atoms with Crippen molar-refractivity contribution in [3.8, 4) is 0 Å². The summed E-state index contributed by atoms with van der Waals surface area (Å²) < 4.78 is 22.2. The van der Waals surface area contributed by atoms with Crippen molar-refractivity contribution >= 4 is 11.9 Å². The Hall–Kier alpha value is -1.56. The molecule has 0 aromatic heterocycles. The van der Waals surface area contributed by atoms with E-state index in [-0.39, 0.29) is 32.0 Å². The summed E-state index contributed by atoms with van der Waals surface area (Å²) in [5, 5.41) is 40.1. The Morgan fingerprint density at radius 2 is 0.932 bits per heavy atom. The van der Waals surface area contributed by atoms with Crippen LogP contribution in [0.1, 0.15) is 232 Å². The summed E-state index contributed by atoms with van der Waals surface area (Å²) in [6.45, 7) is 4.99. The molecule has 1 saturated heterocycles. The molecule has 1 heterocycles. The van der Waals surface area contributed by atoms with Crippen molar-refractivity contribution in [3.63, 3.8) is 0 Å². The van der Waals surface area contributed by atoms with Crippen molar-refractivity contribution in [1.82, 2.24) is 0 Å². The van der Waals surface area contributed by atoms with E-state index in [1.54, 1.807) is 0 Å². The van der Waals surface area contributed by atoms with Crippen LogP contribution in [0.15, 0.2) is 12.7 Å². The van der Waals surface area contributed by atoms with Gasteiger partial charge in [-0.15, -0.1) is 6.58 Å². The van der Waals surface area contributed by atoms with Crippen LogP contribution in [0, 0.1) is 0 Å². The Morgan fingerprint density at radius 3 is 1.34 bits per heavy atom. The van der Waals surface area contributed by atoms with Gasteiger partial charge in [0.1, 0.15) is 31.0 Å². The maximum Gasteiger partial charge on any atom is 0.306 e. The number of hydrogen-bond acceptors (Lipinski definition) is 10. The van der Waals surface area contributed by atoms with Crippen LogP contribution in [0.5, 0.6) is 0 Å². The molecule has 0 bridgehead atoms. The second-order valence-electron chi connectivity index (χ2n) is 17.4. The predicted octanol–water partition coefficient (Wildman–Crippen LogP) is 11.1. The number of aliphatic hydroxyl groups excluding tert-OH is 4. The lowest BCUT2D eigenvalue weighted by atomic mass is 9.99. The van der Waals surface area contributed by atoms with Gasteiger partial charge < -0.3 is 39.4 Å². The zero-order chi connectivity index (χ0) is 43.0. The van der Waals surface area contributed by atoms with E-state index in [2.05, 4.69) is 13.5 Å². The molecule has 0 amide bonds. The number of rotatable bonds is 43. The van der Waals surface area contributed by atoms with E-state index in [1.807, 2.05) is 6.08 Å². The number of esters is 2. The number of hydrogen-bond donors (Lipinski definition) is 4. The Balaban J connectivity index is 2.25. The van der Waals surface area contributed by atoms with E-state index < -0.39 is 49.4 Å². The number of carbonyl (C=O) groups excluding carboxylic acids is 2. The van der Waals surface area contributed by atoms with Crippen molar-refractivity contribution < 1.29 is 49.0 Å². The normalized spacial score (nSPS) is 19.8. The molecule has 4 N–H and O–H groups in total. The van der Waals surface area contributed by atoms with Crippen LogP contribution in [0.4, 0.5) is 0 Å². The van der Waals surface area contributed by atoms with Gasteiger partial charge in [0.15, 0.2) is 12.4 Å². The molecule has 0 radical (unpaired) electrons. The number of carbonyl (C=O) groups is 2. The van der Waals surface area contributed by atoms with Crippen LogP contribution in [-0.4, -0.2) is 89.0 Å². The first-order chi connectivity index (χ1) is 28.8. The number of ether oxygens (including phenoxy) is 4. The van der Waals surface area contributed by atoms with Gasteiger partial charge in [-0.25, -0.2) is 0 Å². The summed E-state index contributed by atoms with van der Waals surface area (Å²) >= 11 is 0. The number of unbranched alkanes of at least 4 members (excludes halogenated alkanes) is 31. The van der Waals surface area contributed by atoms with Gasteiger partial charge >= 0.3 is 11.9 Å². The third-order valence-electron chi connectivity index (χ3n) is 11.8. The summed E-state index contributed by atoms with van der Waals surface area (Å²) in [4.78, 5) is 25.4. The third-order valence-corrected chi connectivity index (χ3v) is 11.8. The predicted molar refractivity (Wildman–Crippen MR) is 238 cm³/mol. The Kier molecular flexibility index (Phi) is 38.1. The Morgan fingerprint density at radius 1 is 0.542 bits per heavy atom. The highest BCUT2D eigenvalue weighted by Gasteiger charge is 2.44. The van der Waals surface area contributed by atoms with Gasteiger partial charge in [-0.05, 0) is 25.7 Å². The molecule has 1 rings (SSSR count). The maximum atomic E-state index is 12.8. The lowest BCUT2D eigenvalue weighted by molar-refractivity contribution is -0.305. The SMILES string of the molecule is C=CCCCCCCCCCCCCCCCC(=O)O[C@@H](COC(=O)CCCCCCCCCCCCCCCCCCCCC)CO[C@H]1O[C@@H](CO)[C@@H](O)C(O)C1O. The van der Waals surface area contributed by atoms with Gasteiger partial charge in [-0.3, -0.25) is 9.59 Å². The van der Waals surface area contributed by atoms with E-state index >= 15 is 0 Å². The molecule has 0 aliphatic carbocycles. The minimum atomic E-state index is -1.59. The highest BCUT2D eigenvalue weighted by molar-refractivity contribution is 5.70. The molecule has 0 spiro atoms. The smallest absolute Gasteiger partial charge is 0.306 e. The van der Waals surface area contributed by atoms with E-state index in [9.17, 15) is 30.0 Å². The molecule has 0 aromatic rings. The summed E-state index contributed by atoms with van der Waals surface area (Å²) in [5.41, 5.74) is 0. The summed E-state index contributed by atoms with van der Waals surface area (Å²) in [6.07, 6.45) is 35.4. The first-order valence-electron chi connectivity index (χ1n) is 24.7. The molecule has 1 aliphatic heterocycles. The van der Waals surface area contributed by atoms with E-state index in [0.29, 0.717) is 6.42 Å². The minimum Gasteiger partial charge on any atom is -0.462 e. The van der Waals surface area contributed by atoms with Gasteiger partial charge in [-0.2, -0.15) is 0 Å². The maximum absolute atomic E-state index is 12.8. The fraction of sp³-hybridized carbons (Fsp3) is 0.918. The molecule has 0 aromatic carbocycles. The van der Waals surface area contributed by atoms with E-state index in [4.69, 9.17) is 18.9 Å². The molecule has 1 aliphatic rings. The molecule has 1 fully saturated rings. The zero-order valence-corrected chi connectivity index (χ0v) is 37.9. The molecule has 348 valence electrons. The summed E-state index contributed by atoms with van der Waals surface area (Å²) in [5.74, 6) is -0.795. The van der Waals surface area contributed by atoms with Crippen molar-refractivity contribution in [3.05, 3.63) is 12.7 Å². The van der Waals surface area contributed by atoms with E-state index in [1.165, 1.54) is 161 Å². The zero-order valence-electron chi connectivity index (χ0n) is 37.9. The molecule has 10 heteroatoms. The standard InChI is InChI=1S/C49H92O10/c1-3-5-7-9-11-13-15-17-19-20-21-22-24-25-27-29-31-33-35-37-44(51)56-40-42(41-57-49-48(55)47(54)46(53)43(39-50)59-49)58-45(52)38-36-34-32-30-28-26-23-18-16-14-12-10-8-6-4-2/h4,42-43,46-50,53-55H,2-3,5-41H2,1H3/t42-,43-,46+,47?,48?,49-/m0/s1. The summed E-state index contributed by atoms with van der Waals surface area (Å²) in [7, 11) is 0. The fourth-order valence-corrected chi connectivity index (χ4v) is 7.88. The van der Waals surface area contributed by atoms with E-state index in [0.717, 1.165) is 44.9 Å². The van der Waals surface area contributed by atoms with Crippen LogP contribution >= 0.6 is 0 Å². The largest absolute Gasteiger partial charge is 0.462 e. The average Bonchev–Trinajstić information content (AvgIpc) is 3.23. The molecule has 2 unspecified atom stereocenters. The monoisotopic (exact) mass is 841 g/mol. The van der Waals surface area contributed by atoms with Gasteiger partial charge in [-0.1, -0.05) is 199 Å². The first kappa shape index (κ1) is 55.5. The minimum absolute atomic E-state index is 0.212. The quantitative estimate of drug-likeness (QED) is 0.0265. The number of aliphatic hydroxyl groups is 4. The second kappa shape index (κ2) is 40.5. The Labute approximate surface area is 361 Å². The van der Waals surface area contributed by atoms with Crippen LogP contribution in [-0.2, 0) is 28.5 Å². The highest BCUT2D eigenvalue weighted by Crippen LogP contribution is 2.23. The lowest BCUT2D eigenvalue weighted by Crippen LogP contribution is -2.59. The molecular weight excluding hydrogens is 749 g/mol. The molecule has 0 saturated carbocycles. The molecular formula is C49H92O10. The topological polar surface area (TPSA) is 152 Å². The van der Waals surface area contributed by atoms with Gasteiger partial charge in [0.05, 0.1) is 13.2 Å². The fourth-order valence-electron chi connectivity index (χ4n) is 7.88. The molecule has 6 atom stereocenters. The van der Waals surface area contributed by atoms with Crippen molar-refractivity contribution in [2.24, 2.45) is 0 Å². The van der Waals surface area contributed by atoms with Gasteiger partial charge in [0.2, 0.25) is 0 Å². The first-order valence-corrected chi connectivity index (χ1v) is 24.7. The molecule has 59 heavy (non-hydrogen) atoms. The Bertz CT molecular complexity index is 961.